The SMILES string of the molecule is CC(C)(C#N)N1CCN(CCC2CCCC2)CC1. The van der Waals surface area contributed by atoms with Crippen molar-refractivity contribution < 1.29 is 0 Å². The second-order valence-corrected chi connectivity index (χ2v) is 6.44. The Morgan fingerprint density at radius 1 is 1.11 bits per heavy atom. The van der Waals surface area contributed by atoms with E-state index in [-0.39, 0.29) is 5.54 Å². The van der Waals surface area contributed by atoms with E-state index >= 15 is 0 Å². The molecule has 1 heterocycles. The molecule has 0 bridgehead atoms. The average Bonchev–Trinajstić information content (AvgIpc) is 2.90. The number of rotatable bonds is 4. The topological polar surface area (TPSA) is 30.3 Å². The van der Waals surface area contributed by atoms with Gasteiger partial charge in [-0.15, -0.1) is 0 Å². The minimum absolute atomic E-state index is 0.294. The average molecular weight is 249 g/mol. The Hall–Kier alpha value is -0.590. The van der Waals surface area contributed by atoms with Gasteiger partial charge in [0.15, 0.2) is 0 Å². The first-order chi connectivity index (χ1) is 8.62. The third-order valence-corrected chi connectivity index (χ3v) is 4.76. The molecule has 1 aliphatic heterocycles. The van der Waals surface area contributed by atoms with Crippen LogP contribution < -0.4 is 0 Å². The van der Waals surface area contributed by atoms with Gasteiger partial charge in [-0.05, 0) is 32.7 Å². The van der Waals surface area contributed by atoms with Crippen LogP contribution in [0.3, 0.4) is 0 Å². The third-order valence-electron chi connectivity index (χ3n) is 4.76. The van der Waals surface area contributed by atoms with Crippen molar-refractivity contribution >= 4 is 0 Å². The van der Waals surface area contributed by atoms with Crippen molar-refractivity contribution in [3.8, 4) is 6.07 Å². The second-order valence-electron chi connectivity index (χ2n) is 6.44. The highest BCUT2D eigenvalue weighted by molar-refractivity contribution is 5.02. The fraction of sp³-hybridized carbons (Fsp3) is 0.933. The monoisotopic (exact) mass is 249 g/mol. The minimum Gasteiger partial charge on any atom is -0.301 e. The zero-order chi connectivity index (χ0) is 13.0. The van der Waals surface area contributed by atoms with Crippen molar-refractivity contribution in [3.05, 3.63) is 0 Å². The van der Waals surface area contributed by atoms with Crippen LogP contribution in [0.2, 0.25) is 0 Å². The lowest BCUT2D eigenvalue weighted by atomic mass is 10.0. The molecule has 2 fully saturated rings. The van der Waals surface area contributed by atoms with Gasteiger partial charge in [0.25, 0.3) is 0 Å². The van der Waals surface area contributed by atoms with E-state index in [4.69, 9.17) is 5.26 Å². The van der Waals surface area contributed by atoms with Gasteiger partial charge in [0.2, 0.25) is 0 Å². The highest BCUT2D eigenvalue weighted by Crippen LogP contribution is 2.27. The summed E-state index contributed by atoms with van der Waals surface area (Å²) < 4.78 is 0. The Labute approximate surface area is 112 Å². The zero-order valence-electron chi connectivity index (χ0n) is 12.0. The Balaban J connectivity index is 1.68. The summed E-state index contributed by atoms with van der Waals surface area (Å²) in [6.45, 7) is 9.69. The van der Waals surface area contributed by atoms with Crippen molar-refractivity contribution in [2.45, 2.75) is 51.5 Å². The van der Waals surface area contributed by atoms with Gasteiger partial charge in [0, 0.05) is 26.2 Å². The minimum atomic E-state index is -0.294. The van der Waals surface area contributed by atoms with Crippen LogP contribution in [0.15, 0.2) is 0 Å². The van der Waals surface area contributed by atoms with Gasteiger partial charge in [-0.2, -0.15) is 5.26 Å². The van der Waals surface area contributed by atoms with Crippen LogP contribution in [0.5, 0.6) is 0 Å². The van der Waals surface area contributed by atoms with Gasteiger partial charge < -0.3 is 4.90 Å². The first-order valence-corrected chi connectivity index (χ1v) is 7.50. The molecule has 0 aromatic rings. The Bertz CT molecular complexity index is 291. The van der Waals surface area contributed by atoms with Crippen LogP contribution >= 0.6 is 0 Å². The highest BCUT2D eigenvalue weighted by Gasteiger charge is 2.29. The smallest absolute Gasteiger partial charge is 0.103 e. The third kappa shape index (κ3) is 3.46. The van der Waals surface area contributed by atoms with E-state index in [1.54, 1.807) is 0 Å². The van der Waals surface area contributed by atoms with Gasteiger partial charge in [0.05, 0.1) is 6.07 Å². The molecule has 3 nitrogen and oxygen atoms in total. The maximum Gasteiger partial charge on any atom is 0.103 e. The molecule has 0 amide bonds. The molecule has 0 unspecified atom stereocenters. The van der Waals surface area contributed by atoms with E-state index in [2.05, 4.69) is 15.9 Å². The van der Waals surface area contributed by atoms with Crippen molar-refractivity contribution in [3.63, 3.8) is 0 Å². The Kier molecular flexibility index (Phi) is 4.64. The molecule has 2 rings (SSSR count). The summed E-state index contributed by atoms with van der Waals surface area (Å²) in [6.07, 6.45) is 7.22. The van der Waals surface area contributed by atoms with Gasteiger partial charge in [0.1, 0.15) is 5.54 Å². The summed E-state index contributed by atoms with van der Waals surface area (Å²) in [5.41, 5.74) is -0.294. The molecule has 0 N–H and O–H groups in total. The van der Waals surface area contributed by atoms with Gasteiger partial charge in [-0.1, -0.05) is 25.7 Å². The van der Waals surface area contributed by atoms with Crippen LogP contribution in [0, 0.1) is 17.2 Å². The van der Waals surface area contributed by atoms with E-state index in [1.807, 2.05) is 13.8 Å². The molecule has 0 atom stereocenters. The molecule has 1 saturated heterocycles. The van der Waals surface area contributed by atoms with Crippen molar-refractivity contribution in [1.29, 1.82) is 5.26 Å². The molecular formula is C15H27N3. The summed E-state index contributed by atoms with van der Waals surface area (Å²) >= 11 is 0. The van der Waals surface area contributed by atoms with E-state index in [1.165, 1.54) is 38.6 Å². The number of hydrogen-bond donors (Lipinski definition) is 0. The largest absolute Gasteiger partial charge is 0.301 e. The molecule has 2 aliphatic rings. The molecule has 0 spiro atoms. The first kappa shape index (κ1) is 13.8. The Morgan fingerprint density at radius 2 is 1.72 bits per heavy atom. The lowest BCUT2D eigenvalue weighted by Crippen LogP contribution is -2.54. The molecule has 0 aromatic heterocycles. The summed E-state index contributed by atoms with van der Waals surface area (Å²) in [5, 5.41) is 9.15. The van der Waals surface area contributed by atoms with E-state index in [9.17, 15) is 0 Å². The van der Waals surface area contributed by atoms with Crippen LogP contribution in [0.25, 0.3) is 0 Å². The van der Waals surface area contributed by atoms with Crippen molar-refractivity contribution in [2.24, 2.45) is 5.92 Å². The lowest BCUT2D eigenvalue weighted by Gasteiger charge is -2.40. The molecule has 0 aromatic carbocycles. The summed E-state index contributed by atoms with van der Waals surface area (Å²) in [7, 11) is 0. The number of hydrogen-bond acceptors (Lipinski definition) is 3. The maximum atomic E-state index is 9.15. The summed E-state index contributed by atoms with van der Waals surface area (Å²) in [5.74, 6) is 0.999. The lowest BCUT2D eigenvalue weighted by molar-refractivity contribution is 0.0771. The van der Waals surface area contributed by atoms with Crippen LogP contribution in [-0.4, -0.2) is 48.1 Å². The number of piperazine rings is 1. The summed E-state index contributed by atoms with van der Waals surface area (Å²) in [4.78, 5) is 4.90. The van der Waals surface area contributed by atoms with E-state index in [0.29, 0.717) is 0 Å². The Morgan fingerprint density at radius 3 is 2.28 bits per heavy atom. The van der Waals surface area contributed by atoms with Gasteiger partial charge >= 0.3 is 0 Å². The normalized spacial score (nSPS) is 24.3. The fourth-order valence-corrected chi connectivity index (χ4v) is 3.27. The van der Waals surface area contributed by atoms with E-state index in [0.717, 1.165) is 32.1 Å². The van der Waals surface area contributed by atoms with Gasteiger partial charge in [-0.25, -0.2) is 0 Å². The van der Waals surface area contributed by atoms with Gasteiger partial charge in [-0.3, -0.25) is 4.90 Å². The fourth-order valence-electron chi connectivity index (χ4n) is 3.27. The standard InChI is InChI=1S/C15H27N3/c1-15(2,13-16)18-11-9-17(10-12-18)8-7-14-5-3-4-6-14/h14H,3-12H2,1-2H3. The van der Waals surface area contributed by atoms with Crippen molar-refractivity contribution in [1.82, 2.24) is 9.80 Å². The molecule has 1 aliphatic carbocycles. The molecule has 3 heteroatoms. The number of nitriles is 1. The summed E-state index contributed by atoms with van der Waals surface area (Å²) in [6, 6.07) is 2.41. The number of nitrogens with zero attached hydrogens (tertiary/aromatic N) is 3. The van der Waals surface area contributed by atoms with Crippen LogP contribution in [0.4, 0.5) is 0 Å². The highest BCUT2D eigenvalue weighted by atomic mass is 15.3. The predicted molar refractivity (Wildman–Crippen MR) is 74.3 cm³/mol. The van der Waals surface area contributed by atoms with E-state index < -0.39 is 0 Å². The molecule has 0 radical (unpaired) electrons. The van der Waals surface area contributed by atoms with Crippen LogP contribution in [-0.2, 0) is 0 Å². The second kappa shape index (κ2) is 6.04. The molecule has 18 heavy (non-hydrogen) atoms. The first-order valence-electron chi connectivity index (χ1n) is 7.50. The van der Waals surface area contributed by atoms with Crippen LogP contribution in [0.1, 0.15) is 46.0 Å². The zero-order valence-corrected chi connectivity index (χ0v) is 12.0. The quantitative estimate of drug-likeness (QED) is 0.767. The maximum absolute atomic E-state index is 9.15. The predicted octanol–water partition coefficient (Wildman–Crippen LogP) is 2.49. The van der Waals surface area contributed by atoms with Crippen molar-refractivity contribution in [2.75, 3.05) is 32.7 Å². The molecular weight excluding hydrogens is 222 g/mol. The molecule has 1 saturated carbocycles. The molecule has 102 valence electrons.